The first kappa shape index (κ1) is 19.3. The average Bonchev–Trinajstić information content (AvgIpc) is 2.46. The fraction of sp³-hybridized carbons (Fsp3) is 0.571. The predicted molar refractivity (Wildman–Crippen MR) is 82.9 cm³/mol. The second-order valence-corrected chi connectivity index (χ2v) is 9.33. The second-order valence-electron chi connectivity index (χ2n) is 6.26. The topological polar surface area (TPSA) is 71.8 Å². The van der Waals surface area contributed by atoms with Crippen molar-refractivity contribution in [3.63, 3.8) is 0 Å². The smallest absolute Gasteiger partial charge is 0.436 e. The molecule has 2 heterocycles. The SMILES string of the molecule is CC(C)(C)[S@+]([O-])NC1(C#N)CCSc2c1cnc(C(F)(F)F)c2F. The molecular weight excluding hydrogens is 366 g/mol. The van der Waals surface area contributed by atoms with E-state index in [0.29, 0.717) is 0 Å². The van der Waals surface area contributed by atoms with E-state index in [9.17, 15) is 27.4 Å². The number of alkyl halides is 3. The molecule has 0 fully saturated rings. The van der Waals surface area contributed by atoms with Crippen molar-refractivity contribution in [2.45, 2.75) is 48.5 Å². The lowest BCUT2D eigenvalue weighted by atomic mass is 9.90. The van der Waals surface area contributed by atoms with Crippen molar-refractivity contribution in [3.8, 4) is 6.07 Å². The van der Waals surface area contributed by atoms with Gasteiger partial charge in [0.05, 0.1) is 11.0 Å². The maximum absolute atomic E-state index is 14.3. The van der Waals surface area contributed by atoms with Gasteiger partial charge in [0.25, 0.3) is 0 Å². The third-order valence-corrected chi connectivity index (χ3v) is 6.18. The number of fused-ring (bicyclic) bond motifs is 1. The average molecular weight is 381 g/mol. The predicted octanol–water partition coefficient (Wildman–Crippen LogP) is 3.51. The highest BCUT2D eigenvalue weighted by molar-refractivity contribution is 7.99. The molecule has 1 aromatic rings. The summed E-state index contributed by atoms with van der Waals surface area (Å²) in [7, 11) is 0. The first-order valence-corrected chi connectivity index (χ1v) is 9.06. The maximum atomic E-state index is 14.3. The van der Waals surface area contributed by atoms with Crippen LogP contribution in [0.5, 0.6) is 0 Å². The minimum atomic E-state index is -4.92. The summed E-state index contributed by atoms with van der Waals surface area (Å²) in [5.74, 6) is -1.28. The van der Waals surface area contributed by atoms with Gasteiger partial charge in [0.2, 0.25) is 0 Å². The molecule has 1 aliphatic heterocycles. The quantitative estimate of drug-likeness (QED) is 0.627. The third-order valence-electron chi connectivity index (χ3n) is 3.44. The van der Waals surface area contributed by atoms with Gasteiger partial charge in [-0.1, -0.05) is 0 Å². The molecule has 2 atom stereocenters. The molecule has 0 saturated carbocycles. The number of aromatic nitrogens is 1. The highest BCUT2D eigenvalue weighted by Gasteiger charge is 2.47. The summed E-state index contributed by atoms with van der Waals surface area (Å²) in [5, 5.41) is 9.59. The van der Waals surface area contributed by atoms with Crippen LogP contribution in [-0.4, -0.2) is 20.0 Å². The van der Waals surface area contributed by atoms with Gasteiger partial charge < -0.3 is 4.55 Å². The highest BCUT2D eigenvalue weighted by atomic mass is 32.2. The van der Waals surface area contributed by atoms with Crippen molar-refractivity contribution in [3.05, 3.63) is 23.3 Å². The summed E-state index contributed by atoms with van der Waals surface area (Å²) in [6, 6.07) is 1.96. The summed E-state index contributed by atoms with van der Waals surface area (Å²) in [6.07, 6.45) is -3.90. The molecule has 0 aliphatic carbocycles. The van der Waals surface area contributed by atoms with Crippen molar-refractivity contribution in [2.75, 3.05) is 5.75 Å². The molecule has 132 valence electrons. The van der Waals surface area contributed by atoms with E-state index in [-0.39, 0.29) is 22.6 Å². The van der Waals surface area contributed by atoms with Crippen LogP contribution in [0.25, 0.3) is 0 Å². The number of hydrogen-bond donors (Lipinski definition) is 1. The Labute approximate surface area is 144 Å². The van der Waals surface area contributed by atoms with Crippen LogP contribution in [0.4, 0.5) is 17.6 Å². The number of hydrogen-bond acceptors (Lipinski definition) is 5. The molecule has 10 heteroatoms. The fourth-order valence-electron chi connectivity index (χ4n) is 2.11. The molecule has 2 rings (SSSR count). The van der Waals surface area contributed by atoms with Gasteiger partial charge in [-0.2, -0.15) is 18.4 Å². The van der Waals surface area contributed by atoms with Crippen molar-refractivity contribution in [1.82, 2.24) is 9.71 Å². The summed E-state index contributed by atoms with van der Waals surface area (Å²) in [5.41, 5.74) is -3.17. The number of rotatable bonds is 2. The molecule has 1 unspecified atom stereocenters. The van der Waals surface area contributed by atoms with Gasteiger partial charge in [0.1, 0.15) is 4.75 Å². The van der Waals surface area contributed by atoms with Gasteiger partial charge in [-0.15, -0.1) is 16.5 Å². The van der Waals surface area contributed by atoms with E-state index in [1.54, 1.807) is 20.8 Å². The normalized spacial score (nSPS) is 22.6. The standard InChI is InChI=1S/C14H15F4N3OS2/c1-12(2,3)24(22)21-13(7-19)4-5-23-10-8(13)6-20-11(9(10)15)14(16,17)18/h6,21H,4-5H2,1-3H3/t13?,24-/m0/s1. The minimum Gasteiger partial charge on any atom is -0.598 e. The van der Waals surface area contributed by atoms with Crippen LogP contribution in [0.1, 0.15) is 38.4 Å². The first-order chi connectivity index (χ1) is 10.9. The molecule has 0 amide bonds. The molecule has 24 heavy (non-hydrogen) atoms. The van der Waals surface area contributed by atoms with Crippen molar-refractivity contribution in [2.24, 2.45) is 0 Å². The van der Waals surface area contributed by atoms with Gasteiger partial charge >= 0.3 is 6.18 Å². The number of halogens is 4. The second kappa shape index (κ2) is 6.37. The van der Waals surface area contributed by atoms with E-state index < -0.39 is 39.3 Å². The van der Waals surface area contributed by atoms with E-state index in [1.807, 2.05) is 6.07 Å². The Morgan fingerprint density at radius 2 is 2.04 bits per heavy atom. The van der Waals surface area contributed by atoms with Crippen LogP contribution < -0.4 is 4.72 Å². The van der Waals surface area contributed by atoms with Gasteiger partial charge in [-0.3, -0.25) is 0 Å². The molecule has 0 spiro atoms. The Bertz CT molecular complexity index is 684. The monoisotopic (exact) mass is 381 g/mol. The molecule has 0 saturated heterocycles. The van der Waals surface area contributed by atoms with Crippen LogP contribution in [0.3, 0.4) is 0 Å². The zero-order valence-corrected chi connectivity index (χ0v) is 14.8. The Balaban J connectivity index is 2.55. The lowest BCUT2D eigenvalue weighted by Gasteiger charge is -2.36. The van der Waals surface area contributed by atoms with Crippen LogP contribution in [-0.2, 0) is 23.1 Å². The van der Waals surface area contributed by atoms with Gasteiger partial charge in [0, 0.05) is 28.9 Å². The third kappa shape index (κ3) is 3.49. The Morgan fingerprint density at radius 1 is 1.42 bits per heavy atom. The van der Waals surface area contributed by atoms with Crippen LogP contribution in [0, 0.1) is 17.1 Å². The van der Waals surface area contributed by atoms with Crippen LogP contribution in [0.15, 0.2) is 11.1 Å². The van der Waals surface area contributed by atoms with Gasteiger partial charge in [-0.05, 0) is 27.2 Å². The molecule has 0 bridgehead atoms. The molecule has 1 aliphatic rings. The van der Waals surface area contributed by atoms with E-state index >= 15 is 0 Å². The fourth-order valence-corrected chi connectivity index (χ4v) is 4.21. The molecule has 0 radical (unpaired) electrons. The number of nitrogens with zero attached hydrogens (tertiary/aromatic N) is 2. The number of nitriles is 1. The minimum absolute atomic E-state index is 0.00986. The lowest BCUT2D eigenvalue weighted by molar-refractivity contribution is -0.144. The van der Waals surface area contributed by atoms with Crippen molar-refractivity contribution < 1.29 is 22.1 Å². The summed E-state index contributed by atoms with van der Waals surface area (Å²) in [4.78, 5) is 2.90. The maximum Gasteiger partial charge on any atom is 0.436 e. The molecule has 4 nitrogen and oxygen atoms in total. The molecule has 1 N–H and O–H groups in total. The van der Waals surface area contributed by atoms with Crippen LogP contribution >= 0.6 is 11.8 Å². The van der Waals surface area contributed by atoms with E-state index in [2.05, 4.69) is 9.71 Å². The Kier molecular flexibility index (Phi) is 5.12. The largest absolute Gasteiger partial charge is 0.598 e. The molecular formula is C14H15F4N3OS2. The Morgan fingerprint density at radius 3 is 2.54 bits per heavy atom. The summed E-state index contributed by atoms with van der Waals surface area (Å²) >= 11 is -0.772. The number of thioether (sulfide) groups is 1. The Hall–Kier alpha value is -1.02. The number of pyridine rings is 1. The summed E-state index contributed by atoms with van der Waals surface area (Å²) in [6.45, 7) is 5.06. The number of nitrogens with one attached hydrogen (secondary N) is 1. The van der Waals surface area contributed by atoms with E-state index in [0.717, 1.165) is 18.0 Å². The van der Waals surface area contributed by atoms with E-state index in [4.69, 9.17) is 0 Å². The van der Waals surface area contributed by atoms with Gasteiger partial charge in [-0.25, -0.2) is 9.37 Å². The zero-order chi connectivity index (χ0) is 18.3. The molecule has 1 aromatic heterocycles. The lowest BCUT2D eigenvalue weighted by Crippen LogP contribution is -2.52. The first-order valence-electron chi connectivity index (χ1n) is 6.92. The van der Waals surface area contributed by atoms with Crippen LogP contribution in [0.2, 0.25) is 0 Å². The highest BCUT2D eigenvalue weighted by Crippen LogP contribution is 2.44. The van der Waals surface area contributed by atoms with Crippen molar-refractivity contribution >= 4 is 23.1 Å². The van der Waals surface area contributed by atoms with Gasteiger partial charge in [0.15, 0.2) is 17.1 Å². The summed E-state index contributed by atoms with van der Waals surface area (Å²) < 4.78 is 67.1. The zero-order valence-electron chi connectivity index (χ0n) is 13.1. The molecule has 0 aromatic carbocycles. The van der Waals surface area contributed by atoms with Crippen molar-refractivity contribution in [1.29, 1.82) is 5.26 Å². The van der Waals surface area contributed by atoms with E-state index in [1.165, 1.54) is 0 Å².